The molecule has 88 valence electrons. The number of rotatable bonds is 3. The SMILES string of the molecule is CCC1CNCC1N1CCC(OC)CC1. The van der Waals surface area contributed by atoms with Crippen LogP contribution < -0.4 is 5.32 Å². The summed E-state index contributed by atoms with van der Waals surface area (Å²) in [4.78, 5) is 2.67. The Hall–Kier alpha value is -0.120. The summed E-state index contributed by atoms with van der Waals surface area (Å²) in [7, 11) is 1.84. The fourth-order valence-electron chi connectivity index (χ4n) is 3.01. The van der Waals surface area contributed by atoms with Crippen LogP contribution in [0.25, 0.3) is 0 Å². The summed E-state index contributed by atoms with van der Waals surface area (Å²) in [6.07, 6.45) is 4.24. The number of nitrogens with one attached hydrogen (secondary N) is 1. The maximum Gasteiger partial charge on any atom is 0.0595 e. The van der Waals surface area contributed by atoms with E-state index in [1.54, 1.807) is 0 Å². The smallest absolute Gasteiger partial charge is 0.0595 e. The van der Waals surface area contributed by atoms with Crippen LogP contribution in [0.3, 0.4) is 0 Å². The van der Waals surface area contributed by atoms with Crippen LogP contribution in [-0.4, -0.2) is 50.3 Å². The number of methoxy groups -OCH3 is 1. The first-order chi connectivity index (χ1) is 7.35. The minimum absolute atomic E-state index is 0.510. The number of piperidine rings is 1. The molecule has 1 N–H and O–H groups in total. The van der Waals surface area contributed by atoms with Gasteiger partial charge in [0.1, 0.15) is 0 Å². The van der Waals surface area contributed by atoms with Gasteiger partial charge >= 0.3 is 0 Å². The molecule has 0 amide bonds. The number of nitrogens with zero attached hydrogens (tertiary/aromatic N) is 1. The van der Waals surface area contributed by atoms with E-state index < -0.39 is 0 Å². The molecule has 2 rings (SSSR count). The maximum absolute atomic E-state index is 5.41. The predicted octanol–water partition coefficient (Wildman–Crippen LogP) is 1.10. The monoisotopic (exact) mass is 212 g/mol. The highest BCUT2D eigenvalue weighted by molar-refractivity contribution is 4.90. The molecule has 0 aromatic carbocycles. The zero-order valence-electron chi connectivity index (χ0n) is 10.0. The zero-order valence-corrected chi connectivity index (χ0v) is 10.0. The van der Waals surface area contributed by atoms with Gasteiger partial charge in [0.05, 0.1) is 6.10 Å². The topological polar surface area (TPSA) is 24.5 Å². The van der Waals surface area contributed by atoms with Crippen molar-refractivity contribution in [1.82, 2.24) is 10.2 Å². The van der Waals surface area contributed by atoms with E-state index in [2.05, 4.69) is 17.1 Å². The van der Waals surface area contributed by atoms with Gasteiger partial charge in [0.25, 0.3) is 0 Å². The van der Waals surface area contributed by atoms with Crippen molar-refractivity contribution in [3.63, 3.8) is 0 Å². The average Bonchev–Trinajstić information content (AvgIpc) is 2.77. The van der Waals surface area contributed by atoms with Gasteiger partial charge in [-0.15, -0.1) is 0 Å². The van der Waals surface area contributed by atoms with Gasteiger partial charge in [-0.2, -0.15) is 0 Å². The van der Waals surface area contributed by atoms with E-state index in [9.17, 15) is 0 Å². The lowest BCUT2D eigenvalue weighted by atomic mass is 9.96. The molecule has 2 heterocycles. The summed E-state index contributed by atoms with van der Waals surface area (Å²) >= 11 is 0. The van der Waals surface area contributed by atoms with Gasteiger partial charge in [-0.25, -0.2) is 0 Å². The molecule has 3 nitrogen and oxygen atoms in total. The number of hydrogen-bond acceptors (Lipinski definition) is 3. The third-order valence-electron chi connectivity index (χ3n) is 4.11. The zero-order chi connectivity index (χ0) is 10.7. The van der Waals surface area contributed by atoms with Gasteiger partial charge < -0.3 is 10.1 Å². The lowest BCUT2D eigenvalue weighted by Gasteiger charge is -2.37. The molecular formula is C12H24N2O. The Labute approximate surface area is 93.2 Å². The van der Waals surface area contributed by atoms with Gasteiger partial charge in [0.2, 0.25) is 0 Å². The standard InChI is InChI=1S/C12H24N2O/c1-3-10-8-13-9-12(10)14-6-4-11(15-2)5-7-14/h10-13H,3-9H2,1-2H3. The summed E-state index contributed by atoms with van der Waals surface area (Å²) in [5.41, 5.74) is 0. The number of likely N-dealkylation sites (tertiary alicyclic amines) is 1. The summed E-state index contributed by atoms with van der Waals surface area (Å²) < 4.78 is 5.41. The van der Waals surface area contributed by atoms with Crippen molar-refractivity contribution in [2.75, 3.05) is 33.3 Å². The molecule has 2 aliphatic heterocycles. The normalized spacial score (nSPS) is 34.8. The van der Waals surface area contributed by atoms with Crippen molar-refractivity contribution in [1.29, 1.82) is 0 Å². The lowest BCUT2D eigenvalue weighted by molar-refractivity contribution is 0.0232. The van der Waals surface area contributed by atoms with Gasteiger partial charge in [0.15, 0.2) is 0 Å². The van der Waals surface area contributed by atoms with Gasteiger partial charge in [-0.3, -0.25) is 4.90 Å². The highest BCUT2D eigenvalue weighted by atomic mass is 16.5. The quantitative estimate of drug-likeness (QED) is 0.758. The molecule has 0 aromatic rings. The summed E-state index contributed by atoms with van der Waals surface area (Å²) in [5, 5.41) is 3.52. The first-order valence-electron chi connectivity index (χ1n) is 6.32. The Balaban J connectivity index is 1.84. The fraction of sp³-hybridized carbons (Fsp3) is 1.00. The van der Waals surface area contributed by atoms with Crippen LogP contribution in [0.4, 0.5) is 0 Å². The van der Waals surface area contributed by atoms with E-state index in [1.165, 1.54) is 45.4 Å². The minimum atomic E-state index is 0.510. The van der Waals surface area contributed by atoms with E-state index in [1.807, 2.05) is 7.11 Å². The van der Waals surface area contributed by atoms with Crippen molar-refractivity contribution < 1.29 is 4.74 Å². The summed E-state index contributed by atoms with van der Waals surface area (Å²) in [5.74, 6) is 0.865. The van der Waals surface area contributed by atoms with E-state index >= 15 is 0 Å². The highest BCUT2D eigenvalue weighted by Crippen LogP contribution is 2.23. The molecule has 0 bridgehead atoms. The van der Waals surface area contributed by atoms with Crippen molar-refractivity contribution in [2.24, 2.45) is 5.92 Å². The largest absolute Gasteiger partial charge is 0.381 e. The summed E-state index contributed by atoms with van der Waals surface area (Å²) in [6.45, 7) is 7.16. The maximum atomic E-state index is 5.41. The number of ether oxygens (including phenoxy) is 1. The minimum Gasteiger partial charge on any atom is -0.381 e. The van der Waals surface area contributed by atoms with Crippen LogP contribution in [0, 0.1) is 5.92 Å². The third-order valence-corrected chi connectivity index (χ3v) is 4.11. The third kappa shape index (κ3) is 2.52. The second kappa shape index (κ2) is 5.28. The molecule has 0 spiro atoms. The van der Waals surface area contributed by atoms with Crippen LogP contribution in [0.2, 0.25) is 0 Å². The molecule has 2 fully saturated rings. The van der Waals surface area contributed by atoms with Crippen molar-refractivity contribution in [3.8, 4) is 0 Å². The lowest BCUT2D eigenvalue weighted by Crippen LogP contribution is -2.46. The van der Waals surface area contributed by atoms with Crippen LogP contribution in [0.5, 0.6) is 0 Å². The average molecular weight is 212 g/mol. The first kappa shape index (κ1) is 11.4. The van der Waals surface area contributed by atoms with Gasteiger partial charge in [0, 0.05) is 32.8 Å². The Kier molecular flexibility index (Phi) is 4.00. The molecule has 15 heavy (non-hydrogen) atoms. The van der Waals surface area contributed by atoms with Crippen molar-refractivity contribution >= 4 is 0 Å². The van der Waals surface area contributed by atoms with Crippen LogP contribution in [0.15, 0.2) is 0 Å². The molecule has 2 aliphatic rings. The summed E-state index contributed by atoms with van der Waals surface area (Å²) in [6, 6.07) is 0.785. The number of hydrogen-bond donors (Lipinski definition) is 1. The Morgan fingerprint density at radius 1 is 1.27 bits per heavy atom. The molecule has 0 radical (unpaired) electrons. The Morgan fingerprint density at radius 3 is 2.60 bits per heavy atom. The van der Waals surface area contributed by atoms with E-state index in [0.29, 0.717) is 6.10 Å². The highest BCUT2D eigenvalue weighted by Gasteiger charge is 2.32. The molecule has 2 saturated heterocycles. The molecule has 0 aromatic heterocycles. The predicted molar refractivity (Wildman–Crippen MR) is 62.0 cm³/mol. The molecule has 2 atom stereocenters. The molecule has 0 saturated carbocycles. The van der Waals surface area contributed by atoms with Crippen molar-refractivity contribution in [2.45, 2.75) is 38.3 Å². The van der Waals surface area contributed by atoms with Crippen LogP contribution in [-0.2, 0) is 4.74 Å². The van der Waals surface area contributed by atoms with Gasteiger partial charge in [-0.05, 0) is 25.3 Å². The second-order valence-corrected chi connectivity index (χ2v) is 4.86. The van der Waals surface area contributed by atoms with Gasteiger partial charge in [-0.1, -0.05) is 13.3 Å². The van der Waals surface area contributed by atoms with Crippen LogP contribution >= 0.6 is 0 Å². The molecule has 3 heteroatoms. The Morgan fingerprint density at radius 2 is 2.00 bits per heavy atom. The fourth-order valence-corrected chi connectivity index (χ4v) is 3.01. The molecule has 0 aliphatic carbocycles. The van der Waals surface area contributed by atoms with E-state index in [0.717, 1.165) is 12.0 Å². The van der Waals surface area contributed by atoms with E-state index in [4.69, 9.17) is 4.74 Å². The Bertz CT molecular complexity index is 190. The van der Waals surface area contributed by atoms with E-state index in [-0.39, 0.29) is 0 Å². The molecule has 2 unspecified atom stereocenters. The van der Waals surface area contributed by atoms with Crippen molar-refractivity contribution in [3.05, 3.63) is 0 Å². The second-order valence-electron chi connectivity index (χ2n) is 4.86. The van der Waals surface area contributed by atoms with Crippen LogP contribution in [0.1, 0.15) is 26.2 Å². The first-order valence-corrected chi connectivity index (χ1v) is 6.32. The molecular weight excluding hydrogens is 188 g/mol.